The summed E-state index contributed by atoms with van der Waals surface area (Å²) in [7, 11) is 1.52. The lowest BCUT2D eigenvalue weighted by Crippen LogP contribution is -2.49. The Bertz CT molecular complexity index is 450. The summed E-state index contributed by atoms with van der Waals surface area (Å²) in [6, 6.07) is 5.25. The molecule has 1 aliphatic heterocycles. The number of piperazine rings is 1. The molecule has 1 aromatic rings. The van der Waals surface area contributed by atoms with Gasteiger partial charge in [0.1, 0.15) is 5.75 Å². The quantitative estimate of drug-likeness (QED) is 0.649. The van der Waals surface area contributed by atoms with Crippen LogP contribution in [-0.4, -0.2) is 37.7 Å². The van der Waals surface area contributed by atoms with Crippen molar-refractivity contribution in [2.75, 3.05) is 31.6 Å². The van der Waals surface area contributed by atoms with E-state index in [1.807, 2.05) is 6.07 Å². The third kappa shape index (κ3) is 2.70. The first-order chi connectivity index (χ1) is 8.60. The highest BCUT2D eigenvalue weighted by atomic mass is 16.6. The van der Waals surface area contributed by atoms with E-state index in [-0.39, 0.29) is 5.69 Å². The number of hydrogen-bond acceptors (Lipinski definition) is 5. The molecule has 1 atom stereocenters. The van der Waals surface area contributed by atoms with Crippen LogP contribution in [0.4, 0.5) is 11.4 Å². The monoisotopic (exact) mass is 251 g/mol. The molecule has 1 saturated heterocycles. The summed E-state index contributed by atoms with van der Waals surface area (Å²) in [5.74, 6) is 0.519. The molecule has 0 amide bonds. The van der Waals surface area contributed by atoms with Crippen molar-refractivity contribution >= 4 is 11.4 Å². The number of nitrogens with zero attached hydrogens (tertiary/aromatic N) is 2. The van der Waals surface area contributed by atoms with Crippen LogP contribution < -0.4 is 15.0 Å². The lowest BCUT2D eigenvalue weighted by molar-refractivity contribution is -0.384. The standard InChI is InChI=1S/C12H17N3O3/c1-9-8-14(4-3-13-9)10-5-11(15(16)17)7-12(6-10)18-2/h5-7,9,13H,3-4,8H2,1-2H3. The zero-order chi connectivity index (χ0) is 13.1. The summed E-state index contributed by atoms with van der Waals surface area (Å²) in [6.07, 6.45) is 0. The van der Waals surface area contributed by atoms with Gasteiger partial charge in [-0.05, 0) is 6.92 Å². The van der Waals surface area contributed by atoms with E-state index in [0.717, 1.165) is 25.3 Å². The summed E-state index contributed by atoms with van der Waals surface area (Å²) in [4.78, 5) is 12.6. The Hall–Kier alpha value is -1.82. The normalized spacial score (nSPS) is 19.7. The number of nitro benzene ring substituents is 1. The summed E-state index contributed by atoms with van der Waals surface area (Å²) in [5, 5.41) is 14.2. The van der Waals surface area contributed by atoms with Crippen LogP contribution in [0.1, 0.15) is 6.92 Å². The minimum atomic E-state index is -0.391. The first-order valence-electron chi connectivity index (χ1n) is 5.92. The van der Waals surface area contributed by atoms with E-state index in [1.54, 1.807) is 6.07 Å². The molecule has 0 aromatic heterocycles. The number of nitro groups is 1. The van der Waals surface area contributed by atoms with Crippen LogP contribution in [0.25, 0.3) is 0 Å². The van der Waals surface area contributed by atoms with E-state index >= 15 is 0 Å². The van der Waals surface area contributed by atoms with Gasteiger partial charge in [0.25, 0.3) is 5.69 Å². The fourth-order valence-corrected chi connectivity index (χ4v) is 2.14. The van der Waals surface area contributed by atoms with Gasteiger partial charge in [-0.1, -0.05) is 0 Å². The zero-order valence-electron chi connectivity index (χ0n) is 10.5. The van der Waals surface area contributed by atoms with Crippen molar-refractivity contribution in [1.29, 1.82) is 0 Å². The van der Waals surface area contributed by atoms with E-state index in [2.05, 4.69) is 17.1 Å². The van der Waals surface area contributed by atoms with E-state index in [0.29, 0.717) is 11.8 Å². The molecule has 6 heteroatoms. The number of ether oxygens (including phenoxy) is 1. The second-order valence-corrected chi connectivity index (χ2v) is 4.45. The van der Waals surface area contributed by atoms with E-state index < -0.39 is 4.92 Å². The van der Waals surface area contributed by atoms with Crippen LogP contribution in [-0.2, 0) is 0 Å². The fourth-order valence-electron chi connectivity index (χ4n) is 2.14. The molecule has 1 N–H and O–H groups in total. The molecular weight excluding hydrogens is 234 g/mol. The van der Waals surface area contributed by atoms with Crippen molar-refractivity contribution in [2.45, 2.75) is 13.0 Å². The first kappa shape index (κ1) is 12.6. The van der Waals surface area contributed by atoms with Crippen LogP contribution >= 0.6 is 0 Å². The van der Waals surface area contributed by atoms with Gasteiger partial charge in [-0.2, -0.15) is 0 Å². The van der Waals surface area contributed by atoms with Crippen LogP contribution in [0, 0.1) is 10.1 Å². The molecule has 0 aliphatic carbocycles. The van der Waals surface area contributed by atoms with Crippen LogP contribution in [0.3, 0.4) is 0 Å². The van der Waals surface area contributed by atoms with Crippen molar-refractivity contribution in [3.8, 4) is 5.75 Å². The van der Waals surface area contributed by atoms with E-state index in [9.17, 15) is 10.1 Å². The summed E-state index contributed by atoms with van der Waals surface area (Å²) < 4.78 is 5.12. The molecule has 0 spiro atoms. The molecule has 1 fully saturated rings. The van der Waals surface area contributed by atoms with Gasteiger partial charge in [0.05, 0.1) is 18.1 Å². The highest BCUT2D eigenvalue weighted by Crippen LogP contribution is 2.28. The average molecular weight is 251 g/mol. The number of methoxy groups -OCH3 is 1. The maximum Gasteiger partial charge on any atom is 0.275 e. The second kappa shape index (κ2) is 5.22. The molecule has 18 heavy (non-hydrogen) atoms. The van der Waals surface area contributed by atoms with Crippen LogP contribution in [0.15, 0.2) is 18.2 Å². The molecular formula is C12H17N3O3. The molecule has 1 unspecified atom stereocenters. The van der Waals surface area contributed by atoms with Crippen molar-refractivity contribution in [3.05, 3.63) is 28.3 Å². The molecule has 0 bridgehead atoms. The van der Waals surface area contributed by atoms with E-state index in [1.165, 1.54) is 13.2 Å². The predicted octanol–water partition coefficient (Wildman–Crippen LogP) is 1.40. The molecule has 0 radical (unpaired) electrons. The Balaban J connectivity index is 2.31. The topological polar surface area (TPSA) is 67.6 Å². The van der Waals surface area contributed by atoms with Crippen molar-refractivity contribution in [2.24, 2.45) is 0 Å². The Kier molecular flexibility index (Phi) is 3.66. The lowest BCUT2D eigenvalue weighted by atomic mass is 10.2. The van der Waals surface area contributed by atoms with Crippen molar-refractivity contribution in [1.82, 2.24) is 5.32 Å². The van der Waals surface area contributed by atoms with Crippen molar-refractivity contribution < 1.29 is 9.66 Å². The second-order valence-electron chi connectivity index (χ2n) is 4.45. The van der Waals surface area contributed by atoms with Gasteiger partial charge in [0, 0.05) is 43.5 Å². The first-order valence-corrected chi connectivity index (χ1v) is 5.92. The third-order valence-electron chi connectivity index (χ3n) is 3.06. The molecule has 6 nitrogen and oxygen atoms in total. The zero-order valence-corrected chi connectivity index (χ0v) is 10.5. The van der Waals surface area contributed by atoms with Crippen molar-refractivity contribution in [3.63, 3.8) is 0 Å². The Morgan fingerprint density at radius 2 is 2.28 bits per heavy atom. The highest BCUT2D eigenvalue weighted by molar-refractivity contribution is 5.58. The highest BCUT2D eigenvalue weighted by Gasteiger charge is 2.19. The van der Waals surface area contributed by atoms with Gasteiger partial charge >= 0.3 is 0 Å². The Labute approximate surface area is 106 Å². The Morgan fingerprint density at radius 1 is 1.50 bits per heavy atom. The fraction of sp³-hybridized carbons (Fsp3) is 0.500. The van der Waals surface area contributed by atoms with Crippen LogP contribution in [0.2, 0.25) is 0 Å². The van der Waals surface area contributed by atoms with Gasteiger partial charge in [-0.15, -0.1) is 0 Å². The number of hydrogen-bond donors (Lipinski definition) is 1. The largest absolute Gasteiger partial charge is 0.496 e. The van der Waals surface area contributed by atoms with Gasteiger partial charge in [0.2, 0.25) is 0 Å². The maximum absolute atomic E-state index is 10.9. The number of nitrogens with one attached hydrogen (secondary N) is 1. The summed E-state index contributed by atoms with van der Waals surface area (Å²) >= 11 is 0. The van der Waals surface area contributed by atoms with Gasteiger partial charge < -0.3 is 15.0 Å². The molecule has 0 saturated carbocycles. The average Bonchev–Trinajstić information content (AvgIpc) is 2.38. The molecule has 98 valence electrons. The predicted molar refractivity (Wildman–Crippen MR) is 69.3 cm³/mol. The molecule has 1 aromatic carbocycles. The molecule has 2 rings (SSSR count). The minimum absolute atomic E-state index is 0.0653. The molecule has 1 heterocycles. The third-order valence-corrected chi connectivity index (χ3v) is 3.06. The summed E-state index contributed by atoms with van der Waals surface area (Å²) in [6.45, 7) is 4.66. The lowest BCUT2D eigenvalue weighted by Gasteiger charge is -2.33. The van der Waals surface area contributed by atoms with Gasteiger partial charge in [-0.3, -0.25) is 10.1 Å². The smallest absolute Gasteiger partial charge is 0.275 e. The summed E-state index contributed by atoms with van der Waals surface area (Å²) in [5.41, 5.74) is 0.907. The Morgan fingerprint density at radius 3 is 2.89 bits per heavy atom. The number of anilines is 1. The SMILES string of the molecule is COc1cc(N2CCNC(C)C2)cc([N+](=O)[O-])c1. The van der Waals surface area contributed by atoms with E-state index in [4.69, 9.17) is 4.74 Å². The maximum atomic E-state index is 10.9. The number of benzene rings is 1. The minimum Gasteiger partial charge on any atom is -0.496 e. The van der Waals surface area contributed by atoms with Gasteiger partial charge in [0.15, 0.2) is 0 Å². The van der Waals surface area contributed by atoms with Crippen LogP contribution in [0.5, 0.6) is 5.75 Å². The van der Waals surface area contributed by atoms with Gasteiger partial charge in [-0.25, -0.2) is 0 Å². The number of non-ortho nitro benzene ring substituents is 1. The number of rotatable bonds is 3. The molecule has 1 aliphatic rings.